The van der Waals surface area contributed by atoms with E-state index in [4.69, 9.17) is 17.3 Å². The molecule has 0 fully saturated rings. The van der Waals surface area contributed by atoms with Gasteiger partial charge in [-0.05, 0) is 23.7 Å². The highest BCUT2D eigenvalue weighted by atomic mass is 35.5. The molecule has 0 unspecified atom stereocenters. The standard InChI is InChI=1S/C9H8ClFN6/c1-17(5-2-3-6(11)13-4-5)9-15-7(10)14-8(12)16-9/h2-4H,1H3,(H2,12,14,15,16). The lowest BCUT2D eigenvalue weighted by molar-refractivity contribution is 0.584. The Morgan fingerprint density at radius 2 is 2.06 bits per heavy atom. The number of nitrogen functional groups attached to an aromatic ring is 1. The Hall–Kier alpha value is -2.02. The summed E-state index contributed by atoms with van der Waals surface area (Å²) in [4.78, 5) is 16.5. The van der Waals surface area contributed by atoms with Crippen LogP contribution in [-0.2, 0) is 0 Å². The fraction of sp³-hybridized carbons (Fsp3) is 0.111. The van der Waals surface area contributed by atoms with Gasteiger partial charge in [-0.1, -0.05) is 0 Å². The highest BCUT2D eigenvalue weighted by molar-refractivity contribution is 6.28. The highest BCUT2D eigenvalue weighted by Gasteiger charge is 2.10. The molecule has 0 aromatic carbocycles. The van der Waals surface area contributed by atoms with E-state index in [-0.39, 0.29) is 17.2 Å². The Bertz CT molecular complexity index is 511. The van der Waals surface area contributed by atoms with E-state index in [1.165, 1.54) is 18.3 Å². The summed E-state index contributed by atoms with van der Waals surface area (Å²) in [6, 6.07) is 2.77. The van der Waals surface area contributed by atoms with Crippen molar-refractivity contribution in [3.63, 3.8) is 0 Å². The molecule has 2 aromatic rings. The molecule has 88 valence electrons. The van der Waals surface area contributed by atoms with Gasteiger partial charge >= 0.3 is 0 Å². The summed E-state index contributed by atoms with van der Waals surface area (Å²) >= 11 is 5.66. The topological polar surface area (TPSA) is 80.8 Å². The Labute approximate surface area is 101 Å². The van der Waals surface area contributed by atoms with Gasteiger partial charge in [0.25, 0.3) is 0 Å². The van der Waals surface area contributed by atoms with Crippen LogP contribution in [0.3, 0.4) is 0 Å². The molecule has 0 aliphatic rings. The van der Waals surface area contributed by atoms with Gasteiger partial charge in [0.2, 0.25) is 23.1 Å². The van der Waals surface area contributed by atoms with Crippen LogP contribution in [-0.4, -0.2) is 27.0 Å². The second-order valence-electron chi connectivity index (χ2n) is 3.16. The summed E-state index contributed by atoms with van der Waals surface area (Å²) in [6.45, 7) is 0. The van der Waals surface area contributed by atoms with Crippen molar-refractivity contribution in [1.82, 2.24) is 19.9 Å². The maximum Gasteiger partial charge on any atom is 0.235 e. The molecule has 17 heavy (non-hydrogen) atoms. The minimum atomic E-state index is -0.560. The van der Waals surface area contributed by atoms with E-state index >= 15 is 0 Å². The van der Waals surface area contributed by atoms with Gasteiger partial charge in [0.1, 0.15) is 0 Å². The number of hydrogen-bond donors (Lipinski definition) is 1. The molecule has 2 rings (SSSR count). The first-order valence-corrected chi connectivity index (χ1v) is 4.96. The van der Waals surface area contributed by atoms with Crippen molar-refractivity contribution in [2.75, 3.05) is 17.7 Å². The molecule has 0 bridgehead atoms. The molecule has 0 radical (unpaired) electrons. The number of hydrogen-bond acceptors (Lipinski definition) is 6. The lowest BCUT2D eigenvalue weighted by atomic mass is 10.4. The van der Waals surface area contributed by atoms with Crippen molar-refractivity contribution >= 4 is 29.2 Å². The van der Waals surface area contributed by atoms with E-state index in [2.05, 4.69) is 19.9 Å². The van der Waals surface area contributed by atoms with Crippen LogP contribution < -0.4 is 10.6 Å². The summed E-state index contributed by atoms with van der Waals surface area (Å²) in [5.41, 5.74) is 6.06. The number of halogens is 2. The quantitative estimate of drug-likeness (QED) is 0.816. The van der Waals surface area contributed by atoms with Crippen molar-refractivity contribution in [2.24, 2.45) is 0 Å². The molecule has 8 heteroatoms. The summed E-state index contributed by atoms with van der Waals surface area (Å²) < 4.78 is 12.7. The molecular formula is C9H8ClFN6. The average Bonchev–Trinajstić information content (AvgIpc) is 2.28. The average molecular weight is 255 g/mol. The maximum atomic E-state index is 12.7. The molecule has 2 heterocycles. The Morgan fingerprint density at radius 1 is 1.29 bits per heavy atom. The Balaban J connectivity index is 2.36. The predicted molar refractivity (Wildman–Crippen MR) is 61.5 cm³/mol. The molecule has 0 saturated carbocycles. The third-order valence-corrected chi connectivity index (χ3v) is 2.18. The van der Waals surface area contributed by atoms with Crippen LogP contribution in [0, 0.1) is 5.95 Å². The third-order valence-electron chi connectivity index (χ3n) is 2.01. The van der Waals surface area contributed by atoms with Crippen LogP contribution >= 0.6 is 11.6 Å². The van der Waals surface area contributed by atoms with Crippen LogP contribution in [0.5, 0.6) is 0 Å². The van der Waals surface area contributed by atoms with Crippen molar-refractivity contribution in [1.29, 1.82) is 0 Å². The summed E-state index contributed by atoms with van der Waals surface area (Å²) in [6.07, 6.45) is 1.35. The van der Waals surface area contributed by atoms with Gasteiger partial charge in [-0.25, -0.2) is 4.98 Å². The molecule has 0 atom stereocenters. The largest absolute Gasteiger partial charge is 0.368 e. The van der Waals surface area contributed by atoms with Crippen molar-refractivity contribution in [3.05, 3.63) is 29.6 Å². The summed E-state index contributed by atoms with van der Waals surface area (Å²) in [5, 5.41) is -0.00517. The molecule has 2 aromatic heterocycles. The Morgan fingerprint density at radius 3 is 2.65 bits per heavy atom. The number of nitrogens with two attached hydrogens (primary N) is 1. The van der Waals surface area contributed by atoms with Crippen molar-refractivity contribution in [3.8, 4) is 0 Å². The van der Waals surface area contributed by atoms with E-state index in [0.29, 0.717) is 5.69 Å². The monoisotopic (exact) mass is 254 g/mol. The summed E-state index contributed by atoms with van der Waals surface area (Å²) in [7, 11) is 1.68. The van der Waals surface area contributed by atoms with Gasteiger partial charge in [-0.2, -0.15) is 19.3 Å². The molecule has 2 N–H and O–H groups in total. The van der Waals surface area contributed by atoms with Gasteiger partial charge in [0.05, 0.1) is 11.9 Å². The second kappa shape index (κ2) is 4.46. The van der Waals surface area contributed by atoms with Crippen LogP contribution in [0.4, 0.5) is 22.0 Å². The van der Waals surface area contributed by atoms with Crippen molar-refractivity contribution in [2.45, 2.75) is 0 Å². The van der Waals surface area contributed by atoms with Gasteiger partial charge in [-0.15, -0.1) is 0 Å². The van der Waals surface area contributed by atoms with Gasteiger partial charge in [0, 0.05) is 7.05 Å². The molecule has 0 spiro atoms. The predicted octanol–water partition coefficient (Wildman–Crippen LogP) is 1.41. The lowest BCUT2D eigenvalue weighted by Gasteiger charge is -2.16. The lowest BCUT2D eigenvalue weighted by Crippen LogP contribution is -2.15. The van der Waals surface area contributed by atoms with Gasteiger partial charge < -0.3 is 10.6 Å². The maximum absolute atomic E-state index is 12.7. The molecule has 0 aliphatic carbocycles. The minimum Gasteiger partial charge on any atom is -0.368 e. The Kier molecular flexibility index (Phi) is 3.01. The van der Waals surface area contributed by atoms with Gasteiger partial charge in [-0.3, -0.25) is 0 Å². The molecular weight excluding hydrogens is 247 g/mol. The normalized spacial score (nSPS) is 10.3. The number of pyridine rings is 1. The SMILES string of the molecule is CN(c1ccc(F)nc1)c1nc(N)nc(Cl)n1. The summed E-state index contributed by atoms with van der Waals surface area (Å²) in [5.74, 6) is -0.284. The van der Waals surface area contributed by atoms with Crippen LogP contribution in [0.2, 0.25) is 5.28 Å². The van der Waals surface area contributed by atoms with E-state index in [1.807, 2.05) is 0 Å². The van der Waals surface area contributed by atoms with Crippen LogP contribution in [0.15, 0.2) is 18.3 Å². The van der Waals surface area contributed by atoms with Crippen LogP contribution in [0.1, 0.15) is 0 Å². The minimum absolute atomic E-state index is 0.00517. The number of nitrogens with zero attached hydrogens (tertiary/aromatic N) is 5. The fourth-order valence-electron chi connectivity index (χ4n) is 1.19. The van der Waals surface area contributed by atoms with E-state index in [0.717, 1.165) is 0 Å². The zero-order valence-corrected chi connectivity index (χ0v) is 9.56. The fourth-order valence-corrected chi connectivity index (χ4v) is 1.35. The highest BCUT2D eigenvalue weighted by Crippen LogP contribution is 2.20. The molecule has 0 saturated heterocycles. The smallest absolute Gasteiger partial charge is 0.235 e. The van der Waals surface area contributed by atoms with E-state index < -0.39 is 5.95 Å². The number of rotatable bonds is 2. The molecule has 6 nitrogen and oxygen atoms in total. The van der Waals surface area contributed by atoms with E-state index in [1.54, 1.807) is 11.9 Å². The zero-order valence-electron chi connectivity index (χ0n) is 8.80. The first-order valence-electron chi connectivity index (χ1n) is 4.58. The van der Waals surface area contributed by atoms with Gasteiger partial charge in [0.15, 0.2) is 0 Å². The zero-order chi connectivity index (χ0) is 12.4. The molecule has 0 aliphatic heterocycles. The third kappa shape index (κ3) is 2.56. The number of aromatic nitrogens is 4. The second-order valence-corrected chi connectivity index (χ2v) is 3.50. The first-order chi connectivity index (χ1) is 8.06. The van der Waals surface area contributed by atoms with E-state index in [9.17, 15) is 4.39 Å². The van der Waals surface area contributed by atoms with Crippen LogP contribution in [0.25, 0.3) is 0 Å². The van der Waals surface area contributed by atoms with Crippen molar-refractivity contribution < 1.29 is 4.39 Å². The number of anilines is 3. The molecule has 0 amide bonds. The first kappa shape index (κ1) is 11.5.